The zero-order chi connectivity index (χ0) is 19.1. The number of hydrogen-bond donors (Lipinski definition) is 0. The molecule has 150 valence electrons. The van der Waals surface area contributed by atoms with Crippen molar-refractivity contribution in [2.24, 2.45) is 0 Å². The van der Waals surface area contributed by atoms with E-state index in [-0.39, 0.29) is 30.5 Å². The van der Waals surface area contributed by atoms with Gasteiger partial charge in [-0.25, -0.2) is 0 Å². The van der Waals surface area contributed by atoms with Gasteiger partial charge in [0.2, 0.25) is 5.91 Å². The van der Waals surface area contributed by atoms with Gasteiger partial charge < -0.3 is 14.5 Å². The maximum absolute atomic E-state index is 13.8. The number of amides is 2. The van der Waals surface area contributed by atoms with Crippen molar-refractivity contribution in [1.82, 2.24) is 14.8 Å². The highest BCUT2D eigenvalue weighted by Crippen LogP contribution is 2.41. The Morgan fingerprint density at radius 3 is 2.36 bits per heavy atom. The SMILES string of the molecule is O=C([C@H]1OCC(=O)N(C2CC2)[C@@H]1c1cccnc1)N1C2CCCCC1CCC2. The van der Waals surface area contributed by atoms with Crippen molar-refractivity contribution >= 4 is 11.8 Å². The summed E-state index contributed by atoms with van der Waals surface area (Å²) in [6, 6.07) is 4.39. The Labute approximate surface area is 166 Å². The first-order chi connectivity index (χ1) is 13.7. The lowest BCUT2D eigenvalue weighted by molar-refractivity contribution is -0.174. The van der Waals surface area contributed by atoms with E-state index in [0.717, 1.165) is 44.1 Å². The molecule has 6 heteroatoms. The van der Waals surface area contributed by atoms with E-state index in [1.165, 1.54) is 19.3 Å². The largest absolute Gasteiger partial charge is 0.356 e. The molecule has 0 N–H and O–H groups in total. The summed E-state index contributed by atoms with van der Waals surface area (Å²) in [5.74, 6) is 0.0834. The second-order valence-corrected chi connectivity index (χ2v) is 8.76. The number of rotatable bonds is 3. The third-order valence-corrected chi connectivity index (χ3v) is 6.91. The molecule has 0 radical (unpaired) electrons. The highest BCUT2D eigenvalue weighted by Gasteiger charge is 2.50. The predicted molar refractivity (Wildman–Crippen MR) is 103 cm³/mol. The number of pyridine rings is 1. The molecule has 3 aliphatic heterocycles. The van der Waals surface area contributed by atoms with Crippen molar-refractivity contribution in [2.45, 2.75) is 88.1 Å². The minimum absolute atomic E-state index is 0.00327. The lowest BCUT2D eigenvalue weighted by atomic mass is 9.91. The molecular formula is C22H29N3O3. The highest BCUT2D eigenvalue weighted by atomic mass is 16.5. The van der Waals surface area contributed by atoms with E-state index in [0.29, 0.717) is 12.1 Å². The van der Waals surface area contributed by atoms with Crippen LogP contribution in [0, 0.1) is 0 Å². The van der Waals surface area contributed by atoms with Crippen molar-refractivity contribution < 1.29 is 14.3 Å². The Morgan fingerprint density at radius 2 is 1.71 bits per heavy atom. The van der Waals surface area contributed by atoms with Gasteiger partial charge in [-0.05, 0) is 56.6 Å². The summed E-state index contributed by atoms with van der Waals surface area (Å²) in [5, 5.41) is 0. The smallest absolute Gasteiger partial charge is 0.254 e. The van der Waals surface area contributed by atoms with E-state index in [1.54, 1.807) is 12.4 Å². The van der Waals surface area contributed by atoms with Crippen molar-refractivity contribution in [1.29, 1.82) is 0 Å². The molecule has 1 saturated carbocycles. The lowest BCUT2D eigenvalue weighted by Crippen LogP contribution is -2.59. The van der Waals surface area contributed by atoms with Gasteiger partial charge in [-0.1, -0.05) is 18.9 Å². The van der Waals surface area contributed by atoms with Crippen molar-refractivity contribution in [3.63, 3.8) is 0 Å². The summed E-state index contributed by atoms with van der Waals surface area (Å²) in [6.07, 6.45) is 12.9. The first-order valence-corrected chi connectivity index (χ1v) is 10.9. The molecule has 4 aliphatic rings. The van der Waals surface area contributed by atoms with Gasteiger partial charge in [-0.15, -0.1) is 0 Å². The maximum atomic E-state index is 13.8. The Kier molecular flexibility index (Phi) is 4.83. The van der Waals surface area contributed by atoms with Crippen molar-refractivity contribution in [3.05, 3.63) is 30.1 Å². The molecule has 5 rings (SSSR count). The standard InChI is InChI=1S/C22H29N3O3/c26-19-14-28-21(20(25(19)18-10-11-18)15-5-4-12-23-13-15)22(27)24-16-6-1-2-7-17(24)9-3-8-16/h4-5,12-13,16-18,20-21H,1-3,6-11,14H2/t16?,17?,20-,21+/m1/s1. The summed E-state index contributed by atoms with van der Waals surface area (Å²) >= 11 is 0. The van der Waals surface area contributed by atoms with E-state index >= 15 is 0 Å². The summed E-state index contributed by atoms with van der Waals surface area (Å²) in [6.45, 7) is 0.00679. The van der Waals surface area contributed by atoms with Crippen LogP contribution in [0.4, 0.5) is 0 Å². The lowest BCUT2D eigenvalue weighted by Gasteiger charge is -2.46. The second kappa shape index (κ2) is 7.47. The predicted octanol–water partition coefficient (Wildman–Crippen LogP) is 2.84. The third kappa shape index (κ3) is 3.21. The van der Waals surface area contributed by atoms with Crippen LogP contribution in [0.1, 0.15) is 69.4 Å². The summed E-state index contributed by atoms with van der Waals surface area (Å²) in [4.78, 5) is 34.9. The number of ether oxygens (including phenoxy) is 1. The molecule has 1 aromatic heterocycles. The molecule has 2 amide bonds. The molecule has 6 nitrogen and oxygen atoms in total. The monoisotopic (exact) mass is 383 g/mol. The number of morpholine rings is 1. The van der Waals surface area contributed by atoms with Crippen LogP contribution in [0.3, 0.4) is 0 Å². The zero-order valence-electron chi connectivity index (χ0n) is 16.3. The summed E-state index contributed by atoms with van der Waals surface area (Å²) in [5.41, 5.74) is 0.904. The second-order valence-electron chi connectivity index (χ2n) is 8.76. The van der Waals surface area contributed by atoms with Crippen LogP contribution in [-0.4, -0.2) is 57.4 Å². The Hall–Kier alpha value is -1.95. The first kappa shape index (κ1) is 18.1. The van der Waals surface area contributed by atoms with Gasteiger partial charge in [0.05, 0.1) is 6.04 Å². The molecule has 1 aromatic rings. The number of aromatic nitrogens is 1. The van der Waals surface area contributed by atoms with Crippen molar-refractivity contribution in [2.75, 3.05) is 6.61 Å². The fourth-order valence-corrected chi connectivity index (χ4v) is 5.50. The summed E-state index contributed by atoms with van der Waals surface area (Å²) in [7, 11) is 0. The van der Waals surface area contributed by atoms with Gasteiger partial charge in [0, 0.05) is 30.5 Å². The van der Waals surface area contributed by atoms with Crippen LogP contribution in [0.15, 0.2) is 24.5 Å². The van der Waals surface area contributed by atoms with Gasteiger partial charge in [0.15, 0.2) is 6.10 Å². The van der Waals surface area contributed by atoms with Gasteiger partial charge in [0.25, 0.3) is 5.91 Å². The van der Waals surface area contributed by atoms with Crippen LogP contribution in [0.2, 0.25) is 0 Å². The minimum Gasteiger partial charge on any atom is -0.356 e. The van der Waals surface area contributed by atoms with Gasteiger partial charge in [0.1, 0.15) is 6.61 Å². The molecule has 1 aliphatic carbocycles. The number of piperidine rings is 1. The molecule has 0 aromatic carbocycles. The Balaban J connectivity index is 1.49. The van der Waals surface area contributed by atoms with Gasteiger partial charge >= 0.3 is 0 Å². The van der Waals surface area contributed by atoms with Crippen LogP contribution < -0.4 is 0 Å². The third-order valence-electron chi connectivity index (χ3n) is 6.91. The van der Waals surface area contributed by atoms with E-state index in [2.05, 4.69) is 9.88 Å². The van der Waals surface area contributed by atoms with E-state index in [4.69, 9.17) is 4.74 Å². The number of hydrogen-bond acceptors (Lipinski definition) is 4. The molecular weight excluding hydrogens is 354 g/mol. The Morgan fingerprint density at radius 1 is 1.00 bits per heavy atom. The zero-order valence-corrected chi connectivity index (χ0v) is 16.3. The number of nitrogens with zero attached hydrogens (tertiary/aromatic N) is 3. The van der Waals surface area contributed by atoms with Crippen LogP contribution in [0.25, 0.3) is 0 Å². The average molecular weight is 383 g/mol. The molecule has 4 heterocycles. The quantitative estimate of drug-likeness (QED) is 0.805. The van der Waals surface area contributed by atoms with Crippen LogP contribution >= 0.6 is 0 Å². The van der Waals surface area contributed by atoms with Crippen molar-refractivity contribution in [3.8, 4) is 0 Å². The first-order valence-electron chi connectivity index (χ1n) is 10.9. The highest BCUT2D eigenvalue weighted by molar-refractivity contribution is 5.87. The van der Waals surface area contributed by atoms with E-state index in [1.807, 2.05) is 17.0 Å². The van der Waals surface area contributed by atoms with E-state index < -0.39 is 6.10 Å². The fraction of sp³-hybridized carbons (Fsp3) is 0.682. The fourth-order valence-electron chi connectivity index (χ4n) is 5.50. The number of carbonyl (C=O) groups excluding carboxylic acids is 2. The molecule has 2 unspecified atom stereocenters. The Bertz CT molecular complexity index is 722. The average Bonchev–Trinajstić information content (AvgIpc) is 3.56. The van der Waals surface area contributed by atoms with Gasteiger partial charge in [-0.2, -0.15) is 0 Å². The molecule has 4 fully saturated rings. The molecule has 4 atom stereocenters. The normalized spacial score (nSPS) is 33.5. The van der Waals surface area contributed by atoms with Crippen LogP contribution in [0.5, 0.6) is 0 Å². The molecule has 3 saturated heterocycles. The summed E-state index contributed by atoms with van der Waals surface area (Å²) < 4.78 is 5.98. The van der Waals surface area contributed by atoms with Crippen LogP contribution in [-0.2, 0) is 14.3 Å². The van der Waals surface area contributed by atoms with E-state index in [9.17, 15) is 9.59 Å². The molecule has 28 heavy (non-hydrogen) atoms. The molecule has 0 spiro atoms. The topological polar surface area (TPSA) is 62.7 Å². The molecule has 2 bridgehead atoms. The number of fused-ring (bicyclic) bond motifs is 2. The maximum Gasteiger partial charge on any atom is 0.254 e. The number of carbonyl (C=O) groups is 2. The minimum atomic E-state index is -0.622. The van der Waals surface area contributed by atoms with Gasteiger partial charge in [-0.3, -0.25) is 14.6 Å².